The minimum absolute atomic E-state index is 0.285. The maximum Gasteiger partial charge on any atom is 0.335 e. The third-order valence-corrected chi connectivity index (χ3v) is 3.73. The molecule has 0 saturated heterocycles. The fourth-order valence-corrected chi connectivity index (χ4v) is 2.43. The van der Waals surface area contributed by atoms with Crippen LogP contribution in [0.15, 0.2) is 55.0 Å². The number of carboxylic acid groups (broad SMARTS) is 1. The van der Waals surface area contributed by atoms with Gasteiger partial charge in [0.05, 0.1) is 5.56 Å². The van der Waals surface area contributed by atoms with Gasteiger partial charge in [-0.25, -0.2) is 14.8 Å². The van der Waals surface area contributed by atoms with Crippen molar-refractivity contribution in [3.8, 4) is 11.4 Å². The van der Waals surface area contributed by atoms with E-state index in [0.29, 0.717) is 6.54 Å². The van der Waals surface area contributed by atoms with Crippen molar-refractivity contribution in [2.24, 2.45) is 0 Å². The van der Waals surface area contributed by atoms with E-state index in [9.17, 15) is 4.79 Å². The Morgan fingerprint density at radius 3 is 2.46 bits per heavy atom. The average Bonchev–Trinajstić information content (AvgIpc) is 3.03. The van der Waals surface area contributed by atoms with Gasteiger partial charge in [0, 0.05) is 44.8 Å². The zero-order valence-corrected chi connectivity index (χ0v) is 13.5. The Morgan fingerprint density at radius 1 is 1.12 bits per heavy atom. The summed E-state index contributed by atoms with van der Waals surface area (Å²) in [4.78, 5) is 21.7. The van der Waals surface area contributed by atoms with E-state index in [-0.39, 0.29) is 5.56 Å². The molecule has 0 aliphatic rings. The number of anilines is 1. The van der Waals surface area contributed by atoms with Gasteiger partial charge < -0.3 is 14.6 Å². The van der Waals surface area contributed by atoms with Gasteiger partial charge in [0.15, 0.2) is 0 Å². The molecule has 1 N–H and O–H groups in total. The van der Waals surface area contributed by atoms with Crippen LogP contribution in [0.1, 0.15) is 15.9 Å². The Bertz CT molecular complexity index is 836. The van der Waals surface area contributed by atoms with Gasteiger partial charge in [0.25, 0.3) is 0 Å². The maximum atomic E-state index is 10.9. The largest absolute Gasteiger partial charge is 0.478 e. The second kappa shape index (κ2) is 6.54. The molecule has 0 spiro atoms. The lowest BCUT2D eigenvalue weighted by atomic mass is 10.1. The first-order chi connectivity index (χ1) is 11.5. The Balaban J connectivity index is 1.83. The molecule has 2 aromatic heterocycles. The van der Waals surface area contributed by atoms with Gasteiger partial charge in [-0.2, -0.15) is 0 Å². The summed E-state index contributed by atoms with van der Waals surface area (Å²) in [6, 6.07) is 10.8. The topological polar surface area (TPSA) is 71.2 Å². The number of benzene rings is 1. The highest BCUT2D eigenvalue weighted by atomic mass is 16.4. The summed E-state index contributed by atoms with van der Waals surface area (Å²) in [5.74, 6) is 0.799. The van der Waals surface area contributed by atoms with Crippen LogP contribution >= 0.6 is 0 Å². The first-order valence-electron chi connectivity index (χ1n) is 7.52. The second-order valence-corrected chi connectivity index (χ2v) is 5.68. The molecule has 6 nitrogen and oxygen atoms in total. The van der Waals surface area contributed by atoms with Crippen molar-refractivity contribution < 1.29 is 9.90 Å². The van der Waals surface area contributed by atoms with Crippen LogP contribution in [-0.2, 0) is 6.54 Å². The van der Waals surface area contributed by atoms with Gasteiger partial charge in [0.1, 0.15) is 11.6 Å². The van der Waals surface area contributed by atoms with E-state index in [4.69, 9.17) is 5.11 Å². The van der Waals surface area contributed by atoms with Gasteiger partial charge in [0.2, 0.25) is 0 Å². The lowest BCUT2D eigenvalue weighted by Gasteiger charge is -2.12. The fourth-order valence-electron chi connectivity index (χ4n) is 2.43. The number of nitrogens with zero attached hydrogens (tertiary/aromatic N) is 4. The van der Waals surface area contributed by atoms with Crippen molar-refractivity contribution in [1.82, 2.24) is 14.5 Å². The standard InChI is InChI=1S/C18H18N4O2/c1-21(2)16-8-7-15(11-20-16)17-19-9-10-22(17)12-13-3-5-14(6-4-13)18(23)24/h3-11H,12H2,1-2H3,(H,23,24). The van der Waals surface area contributed by atoms with Gasteiger partial charge in [-0.15, -0.1) is 0 Å². The third kappa shape index (κ3) is 3.27. The molecule has 122 valence electrons. The Labute approximate surface area is 140 Å². The molecule has 0 fully saturated rings. The summed E-state index contributed by atoms with van der Waals surface area (Å²) in [7, 11) is 3.90. The van der Waals surface area contributed by atoms with Crippen molar-refractivity contribution >= 4 is 11.8 Å². The molecule has 3 rings (SSSR count). The molecule has 24 heavy (non-hydrogen) atoms. The molecule has 0 atom stereocenters. The number of rotatable bonds is 5. The monoisotopic (exact) mass is 322 g/mol. The van der Waals surface area contributed by atoms with Gasteiger partial charge in [-0.1, -0.05) is 12.1 Å². The number of pyridine rings is 1. The van der Waals surface area contributed by atoms with Crippen molar-refractivity contribution in [2.45, 2.75) is 6.54 Å². The molecular formula is C18H18N4O2. The van der Waals surface area contributed by atoms with E-state index in [1.165, 1.54) is 0 Å². The second-order valence-electron chi connectivity index (χ2n) is 5.68. The lowest BCUT2D eigenvalue weighted by Crippen LogP contribution is -2.10. The number of hydrogen-bond donors (Lipinski definition) is 1. The third-order valence-electron chi connectivity index (χ3n) is 3.73. The molecule has 0 bridgehead atoms. The van der Waals surface area contributed by atoms with E-state index in [0.717, 1.165) is 22.8 Å². The van der Waals surface area contributed by atoms with E-state index in [1.54, 1.807) is 18.3 Å². The summed E-state index contributed by atoms with van der Waals surface area (Å²) in [5.41, 5.74) is 2.23. The van der Waals surface area contributed by atoms with Crippen molar-refractivity contribution in [3.63, 3.8) is 0 Å². The summed E-state index contributed by atoms with van der Waals surface area (Å²) < 4.78 is 2.02. The maximum absolute atomic E-state index is 10.9. The van der Waals surface area contributed by atoms with Crippen LogP contribution in [0.25, 0.3) is 11.4 Å². The minimum atomic E-state index is -0.920. The molecule has 6 heteroatoms. The van der Waals surface area contributed by atoms with Crippen LogP contribution < -0.4 is 4.90 Å². The molecule has 0 radical (unpaired) electrons. The van der Waals surface area contributed by atoms with Crippen LogP contribution in [0.5, 0.6) is 0 Å². The Kier molecular flexibility index (Phi) is 4.29. The zero-order valence-electron chi connectivity index (χ0n) is 13.5. The quantitative estimate of drug-likeness (QED) is 0.782. The smallest absolute Gasteiger partial charge is 0.335 e. The van der Waals surface area contributed by atoms with Crippen LogP contribution in [-0.4, -0.2) is 39.7 Å². The van der Waals surface area contributed by atoms with Gasteiger partial charge >= 0.3 is 5.97 Å². The average molecular weight is 322 g/mol. The van der Waals surface area contributed by atoms with Crippen molar-refractivity contribution in [2.75, 3.05) is 19.0 Å². The molecule has 3 aromatic rings. The molecule has 0 unspecified atom stereocenters. The molecule has 0 amide bonds. The number of aromatic carboxylic acids is 1. The fraction of sp³-hybridized carbons (Fsp3) is 0.167. The van der Waals surface area contributed by atoms with Gasteiger partial charge in [-0.3, -0.25) is 0 Å². The number of carboxylic acids is 1. The summed E-state index contributed by atoms with van der Waals surface area (Å²) in [5, 5.41) is 8.96. The van der Waals surface area contributed by atoms with Crippen LogP contribution in [0, 0.1) is 0 Å². The molecule has 2 heterocycles. The SMILES string of the molecule is CN(C)c1ccc(-c2nccn2Cc2ccc(C(=O)O)cc2)cn1. The normalized spacial score (nSPS) is 10.6. The zero-order chi connectivity index (χ0) is 17.1. The van der Waals surface area contributed by atoms with E-state index in [1.807, 2.05) is 60.2 Å². The number of carbonyl (C=O) groups is 1. The number of imidazole rings is 1. The summed E-state index contributed by atoms with van der Waals surface area (Å²) in [6.45, 7) is 0.616. The minimum Gasteiger partial charge on any atom is -0.478 e. The summed E-state index contributed by atoms with van der Waals surface area (Å²) >= 11 is 0. The van der Waals surface area contributed by atoms with E-state index >= 15 is 0 Å². The van der Waals surface area contributed by atoms with Crippen LogP contribution in [0.2, 0.25) is 0 Å². The van der Waals surface area contributed by atoms with Crippen LogP contribution in [0.3, 0.4) is 0 Å². The van der Waals surface area contributed by atoms with E-state index < -0.39 is 5.97 Å². The summed E-state index contributed by atoms with van der Waals surface area (Å²) in [6.07, 6.45) is 5.46. The van der Waals surface area contributed by atoms with Gasteiger partial charge in [-0.05, 0) is 29.8 Å². The highest BCUT2D eigenvalue weighted by Crippen LogP contribution is 2.20. The Hall–Kier alpha value is -3.15. The first kappa shape index (κ1) is 15.7. The highest BCUT2D eigenvalue weighted by molar-refractivity contribution is 5.87. The van der Waals surface area contributed by atoms with Crippen LogP contribution in [0.4, 0.5) is 5.82 Å². The first-order valence-corrected chi connectivity index (χ1v) is 7.52. The highest BCUT2D eigenvalue weighted by Gasteiger charge is 2.08. The molecule has 0 aliphatic heterocycles. The van der Waals surface area contributed by atoms with E-state index in [2.05, 4.69) is 9.97 Å². The Morgan fingerprint density at radius 2 is 1.88 bits per heavy atom. The predicted molar refractivity (Wildman–Crippen MR) is 92.3 cm³/mol. The van der Waals surface area contributed by atoms with Crippen molar-refractivity contribution in [1.29, 1.82) is 0 Å². The number of hydrogen-bond acceptors (Lipinski definition) is 4. The predicted octanol–water partition coefficient (Wildman–Crippen LogP) is 2.76. The number of aromatic nitrogens is 3. The molecule has 0 saturated carbocycles. The van der Waals surface area contributed by atoms with Crippen molar-refractivity contribution in [3.05, 3.63) is 66.1 Å². The molecule has 1 aromatic carbocycles. The molecule has 0 aliphatic carbocycles. The lowest BCUT2D eigenvalue weighted by molar-refractivity contribution is 0.0697. The molecular weight excluding hydrogens is 304 g/mol.